The Hall–Kier alpha value is -1.60. The first-order valence-electron chi connectivity index (χ1n) is 10.3. The molecule has 0 aromatic heterocycles. The van der Waals surface area contributed by atoms with Gasteiger partial charge in [0.05, 0.1) is 12.8 Å². The zero-order chi connectivity index (χ0) is 19.8. The molecular weight excluding hydrogens is 372 g/mol. The van der Waals surface area contributed by atoms with Crippen LogP contribution in [-0.2, 0) is 4.74 Å². The van der Waals surface area contributed by atoms with Crippen molar-refractivity contribution in [2.45, 2.75) is 37.0 Å². The third kappa shape index (κ3) is 5.26. The van der Waals surface area contributed by atoms with Gasteiger partial charge in [0.15, 0.2) is 5.96 Å². The van der Waals surface area contributed by atoms with Crippen molar-refractivity contribution < 1.29 is 9.47 Å². The van der Waals surface area contributed by atoms with Crippen molar-refractivity contribution in [3.63, 3.8) is 0 Å². The van der Waals surface area contributed by atoms with Gasteiger partial charge in [-0.05, 0) is 37.1 Å². The lowest BCUT2D eigenvalue weighted by atomic mass is 9.99. The van der Waals surface area contributed by atoms with Gasteiger partial charge >= 0.3 is 0 Å². The van der Waals surface area contributed by atoms with Gasteiger partial charge < -0.3 is 25.0 Å². The van der Waals surface area contributed by atoms with Crippen molar-refractivity contribution in [3.8, 4) is 5.75 Å². The number of thioether (sulfide) groups is 1. The van der Waals surface area contributed by atoms with Gasteiger partial charge in [-0.15, -0.1) is 0 Å². The Kier molecular flexibility index (Phi) is 7.73. The van der Waals surface area contributed by atoms with Crippen LogP contribution in [0, 0.1) is 0 Å². The minimum absolute atomic E-state index is 0.254. The molecule has 0 radical (unpaired) electrons. The van der Waals surface area contributed by atoms with E-state index in [4.69, 9.17) is 9.47 Å². The second-order valence-electron chi connectivity index (χ2n) is 7.40. The highest BCUT2D eigenvalue weighted by Crippen LogP contribution is 2.35. The van der Waals surface area contributed by atoms with E-state index in [0.717, 1.165) is 75.3 Å². The second kappa shape index (κ2) is 10.3. The Bertz CT molecular complexity index is 644. The van der Waals surface area contributed by atoms with Gasteiger partial charge in [-0.1, -0.05) is 19.1 Å². The van der Waals surface area contributed by atoms with Crippen LogP contribution in [0.4, 0.5) is 5.69 Å². The summed E-state index contributed by atoms with van der Waals surface area (Å²) in [7, 11) is 3.59. The highest BCUT2D eigenvalue weighted by Gasteiger charge is 2.33. The van der Waals surface area contributed by atoms with E-state index in [1.807, 2.05) is 30.9 Å². The number of ether oxygens (including phenoxy) is 2. The van der Waals surface area contributed by atoms with Crippen LogP contribution in [0.1, 0.15) is 26.2 Å². The fourth-order valence-corrected chi connectivity index (χ4v) is 5.28. The smallest absolute Gasteiger partial charge is 0.191 e. The fourth-order valence-electron chi connectivity index (χ4n) is 4.04. The molecule has 0 saturated carbocycles. The van der Waals surface area contributed by atoms with Crippen molar-refractivity contribution >= 4 is 23.4 Å². The fraction of sp³-hybridized carbons (Fsp3) is 0.667. The van der Waals surface area contributed by atoms with Gasteiger partial charge in [0.1, 0.15) is 5.75 Å². The molecule has 2 heterocycles. The molecule has 2 saturated heterocycles. The van der Waals surface area contributed by atoms with E-state index in [1.54, 1.807) is 7.11 Å². The summed E-state index contributed by atoms with van der Waals surface area (Å²) in [6, 6.07) is 8.61. The van der Waals surface area contributed by atoms with Gasteiger partial charge in [-0.25, -0.2) is 0 Å². The maximum Gasteiger partial charge on any atom is 0.191 e. The first kappa shape index (κ1) is 21.1. The third-order valence-corrected chi connectivity index (χ3v) is 7.06. The number of methoxy groups -OCH3 is 1. The van der Waals surface area contributed by atoms with Crippen LogP contribution in [0.2, 0.25) is 0 Å². The Labute approximate surface area is 173 Å². The zero-order valence-corrected chi connectivity index (χ0v) is 18.2. The van der Waals surface area contributed by atoms with Gasteiger partial charge in [-0.2, -0.15) is 11.8 Å². The first-order chi connectivity index (χ1) is 13.7. The molecule has 2 aliphatic rings. The highest BCUT2D eigenvalue weighted by atomic mass is 32.2. The molecule has 6 nitrogen and oxygen atoms in total. The van der Waals surface area contributed by atoms with Crippen molar-refractivity contribution in [3.05, 3.63) is 24.3 Å². The number of aliphatic imine (C=N–C) groups is 1. The number of guanidine groups is 1. The number of nitrogens with zero attached hydrogens (tertiary/aromatic N) is 2. The molecule has 1 atom stereocenters. The zero-order valence-electron chi connectivity index (χ0n) is 17.4. The van der Waals surface area contributed by atoms with E-state index in [0.29, 0.717) is 6.04 Å². The van der Waals surface area contributed by atoms with E-state index in [1.165, 1.54) is 0 Å². The number of anilines is 1. The largest absolute Gasteiger partial charge is 0.495 e. The monoisotopic (exact) mass is 406 g/mol. The number of hydrogen-bond acceptors (Lipinski definition) is 5. The van der Waals surface area contributed by atoms with Crippen molar-refractivity contribution in [2.75, 3.05) is 57.7 Å². The van der Waals surface area contributed by atoms with Crippen LogP contribution < -0.4 is 20.3 Å². The van der Waals surface area contributed by atoms with Crippen LogP contribution in [-0.4, -0.2) is 69.5 Å². The molecule has 2 fully saturated rings. The SMILES string of the molecule is CCSC1(CNC(=NC)NC2CCN(c3ccccc3OC)C2)CCOCC1. The standard InChI is InChI=1S/C21H34N4O2S/c1-4-28-21(10-13-27-14-11-21)16-23-20(22-2)24-17-9-12-25(15-17)18-7-5-6-8-19(18)26-3/h5-8,17H,4,9-16H2,1-3H3,(H2,22,23,24). The molecule has 0 bridgehead atoms. The van der Waals surface area contributed by atoms with Gasteiger partial charge in [0.25, 0.3) is 0 Å². The Morgan fingerprint density at radius 2 is 2.14 bits per heavy atom. The van der Waals surface area contributed by atoms with Crippen LogP contribution in [0.25, 0.3) is 0 Å². The molecule has 3 rings (SSSR count). The molecule has 0 spiro atoms. The topological polar surface area (TPSA) is 58.1 Å². The minimum Gasteiger partial charge on any atom is -0.495 e. The third-order valence-electron chi connectivity index (χ3n) is 5.61. The van der Waals surface area contributed by atoms with Crippen LogP contribution >= 0.6 is 11.8 Å². The van der Waals surface area contributed by atoms with E-state index < -0.39 is 0 Å². The van der Waals surface area contributed by atoms with E-state index in [9.17, 15) is 0 Å². The molecule has 1 unspecified atom stereocenters. The van der Waals surface area contributed by atoms with Crippen molar-refractivity contribution in [1.29, 1.82) is 0 Å². The number of rotatable bonds is 7. The second-order valence-corrected chi connectivity index (χ2v) is 9.13. The molecule has 156 valence electrons. The average molecular weight is 407 g/mol. The van der Waals surface area contributed by atoms with Gasteiger partial charge in [0.2, 0.25) is 0 Å². The summed E-state index contributed by atoms with van der Waals surface area (Å²) in [5, 5.41) is 7.21. The number of hydrogen-bond donors (Lipinski definition) is 2. The molecule has 28 heavy (non-hydrogen) atoms. The Morgan fingerprint density at radius 3 is 2.86 bits per heavy atom. The van der Waals surface area contributed by atoms with Crippen molar-refractivity contribution in [1.82, 2.24) is 10.6 Å². The Morgan fingerprint density at radius 1 is 1.36 bits per heavy atom. The molecule has 2 aliphatic heterocycles. The molecule has 0 amide bonds. The first-order valence-corrected chi connectivity index (χ1v) is 11.2. The molecule has 1 aromatic rings. The predicted molar refractivity (Wildman–Crippen MR) is 119 cm³/mol. The summed E-state index contributed by atoms with van der Waals surface area (Å²) in [5.74, 6) is 2.96. The number of benzene rings is 1. The Balaban J connectivity index is 1.54. The van der Waals surface area contributed by atoms with Crippen LogP contribution in [0.15, 0.2) is 29.3 Å². The number of para-hydroxylation sites is 2. The maximum atomic E-state index is 5.58. The molecular formula is C21H34N4O2S. The van der Waals surface area contributed by atoms with E-state index >= 15 is 0 Å². The van der Waals surface area contributed by atoms with E-state index in [2.05, 4.69) is 39.6 Å². The molecule has 1 aromatic carbocycles. The lowest BCUT2D eigenvalue weighted by Crippen LogP contribution is -2.50. The van der Waals surface area contributed by atoms with Crippen molar-refractivity contribution in [2.24, 2.45) is 4.99 Å². The molecule has 7 heteroatoms. The number of nitrogens with one attached hydrogen (secondary N) is 2. The normalized spacial score (nSPS) is 22.2. The predicted octanol–water partition coefficient (Wildman–Crippen LogP) is 2.74. The van der Waals surface area contributed by atoms with Gasteiger partial charge in [0, 0.05) is 50.7 Å². The maximum absolute atomic E-state index is 5.58. The summed E-state index contributed by atoms with van der Waals surface area (Å²) in [6.45, 7) is 6.84. The minimum atomic E-state index is 0.254. The quantitative estimate of drug-likeness (QED) is 0.536. The summed E-state index contributed by atoms with van der Waals surface area (Å²) in [4.78, 5) is 6.85. The summed E-state index contributed by atoms with van der Waals surface area (Å²) >= 11 is 2.05. The van der Waals surface area contributed by atoms with Crippen LogP contribution in [0.3, 0.4) is 0 Å². The summed E-state index contributed by atoms with van der Waals surface area (Å²) < 4.78 is 11.4. The molecule has 0 aliphatic carbocycles. The average Bonchev–Trinajstić information content (AvgIpc) is 3.20. The van der Waals surface area contributed by atoms with E-state index in [-0.39, 0.29) is 4.75 Å². The van der Waals surface area contributed by atoms with Gasteiger partial charge in [-0.3, -0.25) is 4.99 Å². The molecule has 2 N–H and O–H groups in total. The summed E-state index contributed by atoms with van der Waals surface area (Å²) in [5.41, 5.74) is 1.16. The summed E-state index contributed by atoms with van der Waals surface area (Å²) in [6.07, 6.45) is 3.28. The highest BCUT2D eigenvalue weighted by molar-refractivity contribution is 8.00. The lowest BCUT2D eigenvalue weighted by molar-refractivity contribution is 0.0782. The lowest BCUT2D eigenvalue weighted by Gasteiger charge is -2.37. The van der Waals surface area contributed by atoms with Crippen LogP contribution in [0.5, 0.6) is 5.75 Å².